The van der Waals surface area contributed by atoms with Crippen molar-refractivity contribution in [2.45, 2.75) is 32.8 Å². The van der Waals surface area contributed by atoms with Gasteiger partial charge in [0.1, 0.15) is 0 Å². The van der Waals surface area contributed by atoms with Crippen LogP contribution in [0.3, 0.4) is 0 Å². The van der Waals surface area contributed by atoms with Crippen LogP contribution < -0.4 is 5.32 Å². The number of rotatable bonds is 6. The van der Waals surface area contributed by atoms with Crippen LogP contribution in [0.2, 0.25) is 0 Å². The summed E-state index contributed by atoms with van der Waals surface area (Å²) in [6, 6.07) is 0. The molecular weight excluding hydrogens is 194 g/mol. The van der Waals surface area contributed by atoms with Gasteiger partial charge >= 0.3 is 0 Å². The molecule has 0 spiro atoms. The fourth-order valence-electron chi connectivity index (χ4n) is 1.05. The normalized spacial score (nSPS) is 15.5. The third-order valence-corrected chi connectivity index (χ3v) is 2.66. The van der Waals surface area contributed by atoms with Crippen molar-refractivity contribution in [2.75, 3.05) is 13.1 Å². The largest absolute Gasteiger partial charge is 0.389 e. The van der Waals surface area contributed by atoms with Gasteiger partial charge in [-0.2, -0.15) is 4.98 Å². The van der Waals surface area contributed by atoms with Gasteiger partial charge in [0.05, 0.1) is 5.60 Å². The van der Waals surface area contributed by atoms with Gasteiger partial charge in [0.25, 0.3) is 0 Å². The van der Waals surface area contributed by atoms with Crippen LogP contribution in [0.25, 0.3) is 0 Å². The van der Waals surface area contributed by atoms with Crippen LogP contribution >= 0.6 is 0 Å². The lowest BCUT2D eigenvalue weighted by atomic mass is 9.92. The summed E-state index contributed by atoms with van der Waals surface area (Å²) in [6.45, 7) is 7.14. The number of nitrogens with one attached hydrogen (secondary N) is 1. The smallest absolute Gasteiger partial charge is 0.213 e. The molecular formula is C10H19N3O2. The molecule has 5 heteroatoms. The first-order valence-electron chi connectivity index (χ1n) is 5.20. The summed E-state index contributed by atoms with van der Waals surface area (Å²) in [5.41, 5.74) is -0.669. The van der Waals surface area contributed by atoms with E-state index in [9.17, 15) is 5.11 Å². The predicted octanol–water partition coefficient (Wildman–Crippen LogP) is 0.609. The first kappa shape index (κ1) is 12.1. The van der Waals surface area contributed by atoms with Gasteiger partial charge in [-0.1, -0.05) is 19.0 Å². The molecule has 0 saturated heterocycles. The van der Waals surface area contributed by atoms with Crippen LogP contribution in [0.5, 0.6) is 0 Å². The Morgan fingerprint density at radius 2 is 2.33 bits per heavy atom. The number of nitrogens with zero attached hydrogens (tertiary/aromatic N) is 2. The molecule has 0 aliphatic heterocycles. The van der Waals surface area contributed by atoms with Crippen molar-refractivity contribution < 1.29 is 9.63 Å². The Kier molecular flexibility index (Phi) is 4.23. The second-order valence-corrected chi connectivity index (χ2v) is 4.29. The molecule has 0 amide bonds. The summed E-state index contributed by atoms with van der Waals surface area (Å²) < 4.78 is 4.61. The zero-order valence-electron chi connectivity index (χ0n) is 9.53. The molecule has 0 aliphatic carbocycles. The van der Waals surface area contributed by atoms with E-state index in [1.54, 1.807) is 0 Å². The number of hydrogen-bond acceptors (Lipinski definition) is 5. The Hall–Kier alpha value is -0.940. The molecule has 1 aromatic heterocycles. The predicted molar refractivity (Wildman–Crippen MR) is 56.3 cm³/mol. The SMILES string of the molecule is CC(C)C(C)(O)CNCCc1ncon1. The Morgan fingerprint density at radius 1 is 1.60 bits per heavy atom. The highest BCUT2D eigenvalue weighted by molar-refractivity contribution is 4.82. The monoisotopic (exact) mass is 213 g/mol. The molecule has 0 saturated carbocycles. The molecule has 0 aliphatic rings. The number of hydrogen-bond donors (Lipinski definition) is 2. The van der Waals surface area contributed by atoms with Crippen LogP contribution in [0.15, 0.2) is 10.9 Å². The lowest BCUT2D eigenvalue weighted by molar-refractivity contribution is 0.0145. The number of aliphatic hydroxyl groups is 1. The third kappa shape index (κ3) is 3.97. The zero-order valence-corrected chi connectivity index (χ0v) is 9.53. The van der Waals surface area contributed by atoms with Crippen molar-refractivity contribution in [3.05, 3.63) is 12.2 Å². The van der Waals surface area contributed by atoms with E-state index < -0.39 is 5.60 Å². The van der Waals surface area contributed by atoms with Gasteiger partial charge in [-0.15, -0.1) is 0 Å². The van der Waals surface area contributed by atoms with Crippen molar-refractivity contribution in [3.63, 3.8) is 0 Å². The summed E-state index contributed by atoms with van der Waals surface area (Å²) in [5, 5.41) is 16.8. The maximum Gasteiger partial charge on any atom is 0.213 e. The van der Waals surface area contributed by atoms with E-state index in [2.05, 4.69) is 20.0 Å². The highest BCUT2D eigenvalue weighted by Gasteiger charge is 2.23. The fraction of sp³-hybridized carbons (Fsp3) is 0.800. The Morgan fingerprint density at radius 3 is 2.87 bits per heavy atom. The zero-order chi connectivity index (χ0) is 11.3. The third-order valence-electron chi connectivity index (χ3n) is 2.66. The summed E-state index contributed by atoms with van der Waals surface area (Å²) in [5.74, 6) is 0.918. The quantitative estimate of drug-likeness (QED) is 0.677. The molecule has 15 heavy (non-hydrogen) atoms. The van der Waals surface area contributed by atoms with Gasteiger partial charge in [0.15, 0.2) is 5.82 Å². The van der Waals surface area contributed by atoms with E-state index in [-0.39, 0.29) is 5.92 Å². The Bertz CT molecular complexity index is 270. The summed E-state index contributed by atoms with van der Waals surface area (Å²) >= 11 is 0. The average molecular weight is 213 g/mol. The molecule has 0 fully saturated rings. The van der Waals surface area contributed by atoms with E-state index >= 15 is 0 Å². The molecule has 2 N–H and O–H groups in total. The molecule has 0 bridgehead atoms. The van der Waals surface area contributed by atoms with Crippen molar-refractivity contribution in [2.24, 2.45) is 5.92 Å². The van der Waals surface area contributed by atoms with Crippen LogP contribution in [-0.4, -0.2) is 33.9 Å². The van der Waals surface area contributed by atoms with Crippen LogP contribution in [0.4, 0.5) is 0 Å². The minimum atomic E-state index is -0.669. The highest BCUT2D eigenvalue weighted by Crippen LogP contribution is 2.14. The van der Waals surface area contributed by atoms with Gasteiger partial charge in [0, 0.05) is 19.5 Å². The summed E-state index contributed by atoms with van der Waals surface area (Å²) in [4.78, 5) is 3.91. The van der Waals surface area contributed by atoms with Gasteiger partial charge in [-0.05, 0) is 12.8 Å². The van der Waals surface area contributed by atoms with Crippen molar-refractivity contribution in [1.82, 2.24) is 15.5 Å². The van der Waals surface area contributed by atoms with Crippen molar-refractivity contribution in [3.8, 4) is 0 Å². The molecule has 1 unspecified atom stereocenters. The highest BCUT2D eigenvalue weighted by atomic mass is 16.5. The maximum absolute atomic E-state index is 9.94. The average Bonchev–Trinajstić information content (AvgIpc) is 2.64. The van der Waals surface area contributed by atoms with Crippen LogP contribution in [0, 0.1) is 5.92 Å². The minimum Gasteiger partial charge on any atom is -0.389 e. The van der Waals surface area contributed by atoms with Gasteiger partial charge in [-0.25, -0.2) is 0 Å². The van der Waals surface area contributed by atoms with Gasteiger partial charge in [0.2, 0.25) is 6.39 Å². The Labute approximate surface area is 89.9 Å². The molecule has 86 valence electrons. The van der Waals surface area contributed by atoms with Crippen LogP contribution in [-0.2, 0) is 6.42 Å². The minimum absolute atomic E-state index is 0.232. The topological polar surface area (TPSA) is 71.2 Å². The fourth-order valence-corrected chi connectivity index (χ4v) is 1.05. The first-order valence-corrected chi connectivity index (χ1v) is 5.20. The summed E-state index contributed by atoms with van der Waals surface area (Å²) in [6.07, 6.45) is 2.03. The van der Waals surface area contributed by atoms with Crippen molar-refractivity contribution >= 4 is 0 Å². The van der Waals surface area contributed by atoms with Crippen LogP contribution in [0.1, 0.15) is 26.6 Å². The molecule has 1 atom stereocenters. The van der Waals surface area contributed by atoms with E-state index in [0.717, 1.165) is 6.54 Å². The van der Waals surface area contributed by atoms with E-state index in [1.807, 2.05) is 20.8 Å². The van der Waals surface area contributed by atoms with E-state index in [4.69, 9.17) is 0 Å². The Balaban J connectivity index is 2.17. The van der Waals surface area contributed by atoms with Gasteiger partial charge in [-0.3, -0.25) is 0 Å². The molecule has 1 aromatic rings. The van der Waals surface area contributed by atoms with Gasteiger partial charge < -0.3 is 14.9 Å². The molecule has 5 nitrogen and oxygen atoms in total. The molecule has 1 heterocycles. The molecule has 0 radical (unpaired) electrons. The first-order chi connectivity index (χ1) is 7.02. The number of aromatic nitrogens is 2. The van der Waals surface area contributed by atoms with E-state index in [1.165, 1.54) is 6.39 Å². The maximum atomic E-state index is 9.94. The second-order valence-electron chi connectivity index (χ2n) is 4.29. The van der Waals surface area contributed by atoms with Crippen molar-refractivity contribution in [1.29, 1.82) is 0 Å². The lowest BCUT2D eigenvalue weighted by Gasteiger charge is -2.27. The molecule has 0 aromatic carbocycles. The van der Waals surface area contributed by atoms with E-state index in [0.29, 0.717) is 18.8 Å². The lowest BCUT2D eigenvalue weighted by Crippen LogP contribution is -2.42. The molecule has 1 rings (SSSR count). The standard InChI is InChI=1S/C10H19N3O2/c1-8(2)10(3,14)6-11-5-4-9-12-7-15-13-9/h7-8,11,14H,4-6H2,1-3H3. The summed E-state index contributed by atoms with van der Waals surface area (Å²) in [7, 11) is 0. The second kappa shape index (κ2) is 5.23.